The molecule has 0 bridgehead atoms. The predicted molar refractivity (Wildman–Crippen MR) is 94.0 cm³/mol. The molecule has 2 heterocycles. The minimum atomic E-state index is -4.42. The molecule has 25 heavy (non-hydrogen) atoms. The number of halogens is 3. The lowest BCUT2D eigenvalue weighted by Gasteiger charge is -2.24. The number of aryl methyl sites for hydroxylation is 1. The van der Waals surface area contributed by atoms with Crippen LogP contribution < -0.4 is 0 Å². The van der Waals surface area contributed by atoms with Gasteiger partial charge in [-0.1, -0.05) is 0 Å². The van der Waals surface area contributed by atoms with E-state index in [1.165, 1.54) is 6.07 Å². The van der Waals surface area contributed by atoms with Gasteiger partial charge in [0.15, 0.2) is 0 Å². The summed E-state index contributed by atoms with van der Waals surface area (Å²) in [4.78, 5) is 17.4. The van der Waals surface area contributed by atoms with Crippen molar-refractivity contribution in [1.29, 1.82) is 0 Å². The number of likely N-dealkylation sites (tertiary alicyclic amines) is 1. The van der Waals surface area contributed by atoms with Crippen molar-refractivity contribution in [3.63, 3.8) is 0 Å². The van der Waals surface area contributed by atoms with Gasteiger partial charge >= 0.3 is 12.3 Å². The maximum absolute atomic E-state index is 13.1. The van der Waals surface area contributed by atoms with E-state index in [-0.39, 0.29) is 31.4 Å². The van der Waals surface area contributed by atoms with Crippen LogP contribution >= 0.6 is 13.5 Å². The number of hydrogen-bond acceptors (Lipinski definition) is 3. The second-order valence-electron chi connectivity index (χ2n) is 7.27. The molecule has 0 radical (unpaired) electrons. The monoisotopic (exact) mass is 378 g/mol. The summed E-state index contributed by atoms with van der Waals surface area (Å²) in [7, 11) is 0. The Morgan fingerprint density at radius 2 is 2.00 bits per heavy atom. The first-order valence-electron chi connectivity index (χ1n) is 7.96. The van der Waals surface area contributed by atoms with E-state index < -0.39 is 23.4 Å². The topological polar surface area (TPSA) is 42.4 Å². The van der Waals surface area contributed by atoms with Crippen LogP contribution in [0.2, 0.25) is 0 Å². The van der Waals surface area contributed by atoms with Gasteiger partial charge in [-0.15, -0.1) is 0 Å². The highest BCUT2D eigenvalue weighted by molar-refractivity contribution is 7.59. The summed E-state index contributed by atoms with van der Waals surface area (Å²) in [6, 6.07) is 1.49. The molecule has 0 saturated carbocycles. The summed E-state index contributed by atoms with van der Waals surface area (Å²) in [5.74, 6) is -0.0135. The van der Waals surface area contributed by atoms with Crippen LogP contribution in [0.15, 0.2) is 12.3 Å². The molecule has 0 N–H and O–H groups in total. The van der Waals surface area contributed by atoms with Crippen LogP contribution in [0.1, 0.15) is 44.0 Å². The number of aromatic nitrogens is 1. The Bertz CT molecular complexity index is 615. The number of hydrogen-bond donors (Lipinski definition) is 0. The van der Waals surface area contributed by atoms with Crippen LogP contribution in [0.25, 0.3) is 0 Å². The fraction of sp³-hybridized carbons (Fsp3) is 0.647. The average molecular weight is 378 g/mol. The number of ether oxygens (including phenoxy) is 1. The molecule has 0 aromatic carbocycles. The summed E-state index contributed by atoms with van der Waals surface area (Å²) in [5.41, 5.74) is -0.476. The SMILES string of the molecule is Cc1cc(CC2CCN(C(=O)OC(C)(C)C)C2)c(C(F)(F)F)cn1.S. The van der Waals surface area contributed by atoms with Gasteiger partial charge in [0.1, 0.15) is 5.60 Å². The third-order valence-electron chi connectivity index (χ3n) is 3.88. The lowest BCUT2D eigenvalue weighted by Crippen LogP contribution is -2.35. The highest BCUT2D eigenvalue weighted by Crippen LogP contribution is 2.34. The van der Waals surface area contributed by atoms with Gasteiger partial charge in [0.2, 0.25) is 0 Å². The predicted octanol–water partition coefficient (Wildman–Crippen LogP) is 4.32. The van der Waals surface area contributed by atoms with E-state index in [4.69, 9.17) is 4.74 Å². The number of nitrogens with zero attached hydrogens (tertiary/aromatic N) is 2. The summed E-state index contributed by atoms with van der Waals surface area (Å²) >= 11 is 0. The zero-order valence-electron chi connectivity index (χ0n) is 14.9. The lowest BCUT2D eigenvalue weighted by molar-refractivity contribution is -0.138. The molecule has 1 aliphatic heterocycles. The van der Waals surface area contributed by atoms with E-state index >= 15 is 0 Å². The number of carbonyl (C=O) groups is 1. The van der Waals surface area contributed by atoms with Gasteiger partial charge in [-0.2, -0.15) is 26.7 Å². The molecule has 1 aromatic heterocycles. The van der Waals surface area contributed by atoms with Crippen LogP contribution in [0.5, 0.6) is 0 Å². The van der Waals surface area contributed by atoms with Gasteiger partial charge in [-0.25, -0.2) is 4.79 Å². The molecule has 1 fully saturated rings. The third kappa shape index (κ3) is 6.09. The molecule has 8 heteroatoms. The normalized spacial score (nSPS) is 18.0. The molecule has 1 saturated heterocycles. The quantitative estimate of drug-likeness (QED) is 0.770. The van der Waals surface area contributed by atoms with Gasteiger partial charge in [0, 0.05) is 25.0 Å². The Hall–Kier alpha value is -1.44. The second-order valence-corrected chi connectivity index (χ2v) is 7.27. The molecule has 1 unspecified atom stereocenters. The van der Waals surface area contributed by atoms with E-state index in [0.717, 1.165) is 6.20 Å². The summed E-state index contributed by atoms with van der Waals surface area (Å²) in [6.07, 6.45) is -2.99. The Morgan fingerprint density at radius 1 is 1.36 bits per heavy atom. The van der Waals surface area contributed by atoms with Crippen LogP contribution in [-0.2, 0) is 17.3 Å². The van der Waals surface area contributed by atoms with Gasteiger partial charge in [-0.3, -0.25) is 4.98 Å². The van der Waals surface area contributed by atoms with Crippen LogP contribution in [-0.4, -0.2) is 34.7 Å². The molecule has 0 spiro atoms. The van der Waals surface area contributed by atoms with Crippen molar-refractivity contribution in [1.82, 2.24) is 9.88 Å². The molecule has 0 aliphatic carbocycles. The fourth-order valence-electron chi connectivity index (χ4n) is 2.84. The van der Waals surface area contributed by atoms with Gasteiger partial charge < -0.3 is 9.64 Å². The van der Waals surface area contributed by atoms with Gasteiger partial charge in [0.05, 0.1) is 5.56 Å². The first-order valence-corrected chi connectivity index (χ1v) is 7.96. The zero-order chi connectivity index (χ0) is 18.1. The largest absolute Gasteiger partial charge is 0.444 e. The fourth-order valence-corrected chi connectivity index (χ4v) is 2.84. The number of rotatable bonds is 2. The van der Waals surface area contributed by atoms with E-state index in [1.54, 1.807) is 32.6 Å². The smallest absolute Gasteiger partial charge is 0.418 e. The van der Waals surface area contributed by atoms with Crippen molar-refractivity contribution in [2.75, 3.05) is 13.1 Å². The third-order valence-corrected chi connectivity index (χ3v) is 3.88. The van der Waals surface area contributed by atoms with Crippen molar-refractivity contribution in [2.45, 2.75) is 52.3 Å². The molecule has 1 aliphatic rings. The zero-order valence-corrected chi connectivity index (χ0v) is 15.9. The highest BCUT2D eigenvalue weighted by atomic mass is 32.1. The average Bonchev–Trinajstić information content (AvgIpc) is 2.84. The van der Waals surface area contributed by atoms with Crippen molar-refractivity contribution in [3.05, 3.63) is 29.1 Å². The van der Waals surface area contributed by atoms with E-state index in [9.17, 15) is 18.0 Å². The van der Waals surface area contributed by atoms with Crippen molar-refractivity contribution in [3.8, 4) is 0 Å². The minimum Gasteiger partial charge on any atom is -0.444 e. The highest BCUT2D eigenvalue weighted by Gasteiger charge is 2.36. The van der Waals surface area contributed by atoms with Gasteiger partial charge in [-0.05, 0) is 58.1 Å². The number of alkyl halides is 3. The van der Waals surface area contributed by atoms with E-state index in [2.05, 4.69) is 4.98 Å². The van der Waals surface area contributed by atoms with Crippen molar-refractivity contribution in [2.24, 2.45) is 5.92 Å². The Labute approximate surface area is 153 Å². The van der Waals surface area contributed by atoms with Crippen LogP contribution in [0.3, 0.4) is 0 Å². The Kier molecular flexibility index (Phi) is 6.78. The van der Waals surface area contributed by atoms with Crippen molar-refractivity contribution < 1.29 is 22.7 Å². The molecular formula is C17H25F3N2O2S. The van der Waals surface area contributed by atoms with Crippen molar-refractivity contribution >= 4 is 19.6 Å². The summed E-state index contributed by atoms with van der Waals surface area (Å²) in [6.45, 7) is 7.94. The van der Waals surface area contributed by atoms with E-state index in [1.807, 2.05) is 0 Å². The molecular weight excluding hydrogens is 353 g/mol. The number of carbonyl (C=O) groups excluding carboxylic acids is 1. The maximum Gasteiger partial charge on any atom is 0.418 e. The molecule has 4 nitrogen and oxygen atoms in total. The van der Waals surface area contributed by atoms with Crippen LogP contribution in [0.4, 0.5) is 18.0 Å². The second kappa shape index (κ2) is 7.85. The lowest BCUT2D eigenvalue weighted by atomic mass is 9.95. The van der Waals surface area contributed by atoms with E-state index in [0.29, 0.717) is 25.2 Å². The standard InChI is InChI=1S/C17H23F3N2O2.H2S/c1-11-7-13(14(9-21-11)17(18,19)20)8-12-5-6-22(10-12)15(23)24-16(2,3)4;/h7,9,12H,5-6,8,10H2,1-4H3;1H2. The Balaban J connectivity index is 0.00000312. The summed E-state index contributed by atoms with van der Waals surface area (Å²) in [5, 5.41) is 0. The van der Waals surface area contributed by atoms with Crippen LogP contribution in [0, 0.1) is 12.8 Å². The molecule has 142 valence electrons. The Morgan fingerprint density at radius 3 is 2.56 bits per heavy atom. The first kappa shape index (κ1) is 21.6. The molecule has 1 aromatic rings. The number of pyridine rings is 1. The molecule has 2 rings (SSSR count). The maximum atomic E-state index is 13.1. The molecule has 1 atom stereocenters. The molecule has 1 amide bonds. The first-order chi connectivity index (χ1) is 11.0. The minimum absolute atomic E-state index is 0. The summed E-state index contributed by atoms with van der Waals surface area (Å²) < 4.78 is 44.7. The number of amides is 1. The van der Waals surface area contributed by atoms with Gasteiger partial charge in [0.25, 0.3) is 0 Å².